The van der Waals surface area contributed by atoms with Crippen molar-refractivity contribution in [2.45, 2.75) is 50.7 Å². The minimum atomic E-state index is 0.976. The Kier molecular flexibility index (Phi) is 6.06. The lowest BCUT2D eigenvalue weighted by molar-refractivity contribution is 0.978. The molecule has 0 saturated heterocycles. The van der Waals surface area contributed by atoms with Crippen LogP contribution in [0.25, 0.3) is 0 Å². The third kappa shape index (κ3) is 2.70. The SMILES string of the molecule is CCc1cc(CC)c(CBr)c(CC)c1CBr. The summed E-state index contributed by atoms with van der Waals surface area (Å²) in [6.07, 6.45) is 3.38. The van der Waals surface area contributed by atoms with Crippen LogP contribution in [0.1, 0.15) is 48.6 Å². The lowest BCUT2D eigenvalue weighted by atomic mass is 9.90. The van der Waals surface area contributed by atoms with E-state index in [1.54, 1.807) is 5.56 Å². The first-order chi connectivity index (χ1) is 7.73. The van der Waals surface area contributed by atoms with Crippen molar-refractivity contribution in [1.82, 2.24) is 0 Å². The van der Waals surface area contributed by atoms with Gasteiger partial charge < -0.3 is 0 Å². The molecule has 0 atom stereocenters. The van der Waals surface area contributed by atoms with Gasteiger partial charge in [0, 0.05) is 10.7 Å². The summed E-state index contributed by atoms with van der Waals surface area (Å²) < 4.78 is 0. The van der Waals surface area contributed by atoms with Gasteiger partial charge in [0.15, 0.2) is 0 Å². The molecule has 2 heteroatoms. The predicted molar refractivity (Wildman–Crippen MR) is 79.8 cm³/mol. The molecule has 0 N–H and O–H groups in total. The number of alkyl halides is 2. The fraction of sp³-hybridized carbons (Fsp3) is 0.571. The molecule has 1 rings (SSSR count). The molecular formula is C14H20Br2. The number of halogens is 2. The molecule has 0 bridgehead atoms. The van der Waals surface area contributed by atoms with Gasteiger partial charge in [-0.05, 0) is 47.1 Å². The van der Waals surface area contributed by atoms with E-state index in [-0.39, 0.29) is 0 Å². The lowest BCUT2D eigenvalue weighted by Gasteiger charge is -2.18. The Morgan fingerprint density at radius 1 is 0.750 bits per heavy atom. The van der Waals surface area contributed by atoms with E-state index in [0.717, 1.165) is 29.9 Å². The van der Waals surface area contributed by atoms with Crippen molar-refractivity contribution >= 4 is 31.9 Å². The Balaban J connectivity index is 3.47. The molecule has 16 heavy (non-hydrogen) atoms. The lowest BCUT2D eigenvalue weighted by Crippen LogP contribution is -2.05. The highest BCUT2D eigenvalue weighted by atomic mass is 79.9. The summed E-state index contributed by atoms with van der Waals surface area (Å²) in [5.41, 5.74) is 7.59. The van der Waals surface area contributed by atoms with E-state index in [4.69, 9.17) is 0 Å². The van der Waals surface area contributed by atoms with Crippen LogP contribution in [-0.2, 0) is 29.9 Å². The largest absolute Gasteiger partial charge is 0.0876 e. The van der Waals surface area contributed by atoms with Crippen molar-refractivity contribution in [3.63, 3.8) is 0 Å². The second kappa shape index (κ2) is 6.80. The summed E-state index contributed by atoms with van der Waals surface area (Å²) in [6, 6.07) is 2.40. The first kappa shape index (κ1) is 14.2. The summed E-state index contributed by atoms with van der Waals surface area (Å²) >= 11 is 7.27. The molecule has 0 aliphatic carbocycles. The maximum atomic E-state index is 3.64. The van der Waals surface area contributed by atoms with Gasteiger partial charge in [-0.15, -0.1) is 0 Å². The standard InChI is InChI=1S/C14H20Br2/c1-4-10-7-11(5-2)14(9-16)12(6-3)13(10)8-15/h7H,4-6,8-9H2,1-3H3. The minimum absolute atomic E-state index is 0.976. The summed E-state index contributed by atoms with van der Waals surface area (Å²) in [4.78, 5) is 0. The van der Waals surface area contributed by atoms with Gasteiger partial charge in [0.2, 0.25) is 0 Å². The van der Waals surface area contributed by atoms with E-state index in [2.05, 4.69) is 58.7 Å². The zero-order valence-corrected chi connectivity index (χ0v) is 13.5. The first-order valence-corrected chi connectivity index (χ1v) is 8.24. The van der Waals surface area contributed by atoms with Crippen LogP contribution in [0.3, 0.4) is 0 Å². The minimum Gasteiger partial charge on any atom is -0.0876 e. The maximum Gasteiger partial charge on any atom is 0.0288 e. The molecule has 0 saturated carbocycles. The topological polar surface area (TPSA) is 0 Å². The van der Waals surface area contributed by atoms with Crippen LogP contribution in [0.5, 0.6) is 0 Å². The van der Waals surface area contributed by atoms with Crippen molar-refractivity contribution in [3.05, 3.63) is 33.9 Å². The molecule has 0 aliphatic heterocycles. The number of rotatable bonds is 5. The quantitative estimate of drug-likeness (QED) is 0.645. The fourth-order valence-corrected chi connectivity index (χ4v) is 3.74. The van der Waals surface area contributed by atoms with E-state index in [9.17, 15) is 0 Å². The van der Waals surface area contributed by atoms with E-state index in [0.29, 0.717) is 0 Å². The second-order valence-electron chi connectivity index (χ2n) is 3.96. The van der Waals surface area contributed by atoms with Gasteiger partial charge in [-0.2, -0.15) is 0 Å². The van der Waals surface area contributed by atoms with Gasteiger partial charge in [0.05, 0.1) is 0 Å². The molecule has 0 spiro atoms. The van der Waals surface area contributed by atoms with Crippen LogP contribution >= 0.6 is 31.9 Å². The highest BCUT2D eigenvalue weighted by Gasteiger charge is 2.13. The second-order valence-corrected chi connectivity index (χ2v) is 5.08. The van der Waals surface area contributed by atoms with E-state index in [1.807, 2.05) is 0 Å². The monoisotopic (exact) mass is 346 g/mol. The molecule has 90 valence electrons. The Bertz CT molecular complexity index is 326. The van der Waals surface area contributed by atoms with Gasteiger partial charge >= 0.3 is 0 Å². The number of hydrogen-bond donors (Lipinski definition) is 0. The molecule has 1 aromatic rings. The number of benzene rings is 1. The molecule has 0 radical (unpaired) electrons. The fourth-order valence-electron chi connectivity index (χ4n) is 2.34. The van der Waals surface area contributed by atoms with Crippen LogP contribution in [-0.4, -0.2) is 0 Å². The average Bonchev–Trinajstić information content (AvgIpc) is 2.35. The van der Waals surface area contributed by atoms with Gasteiger partial charge in [-0.1, -0.05) is 58.7 Å². The average molecular weight is 348 g/mol. The van der Waals surface area contributed by atoms with Gasteiger partial charge in [0.25, 0.3) is 0 Å². The molecular weight excluding hydrogens is 328 g/mol. The van der Waals surface area contributed by atoms with Crippen molar-refractivity contribution in [2.75, 3.05) is 0 Å². The Morgan fingerprint density at radius 2 is 1.19 bits per heavy atom. The van der Waals surface area contributed by atoms with Crippen molar-refractivity contribution in [3.8, 4) is 0 Å². The molecule has 0 nitrogen and oxygen atoms in total. The zero-order valence-electron chi connectivity index (χ0n) is 10.4. The van der Waals surface area contributed by atoms with Crippen LogP contribution in [0, 0.1) is 0 Å². The Hall–Kier alpha value is 0.180. The van der Waals surface area contributed by atoms with Crippen LogP contribution < -0.4 is 0 Å². The van der Waals surface area contributed by atoms with Gasteiger partial charge in [-0.3, -0.25) is 0 Å². The summed E-state index contributed by atoms with van der Waals surface area (Å²) in [5, 5.41) is 1.95. The molecule has 0 amide bonds. The third-order valence-corrected chi connectivity index (χ3v) is 4.36. The molecule has 0 fully saturated rings. The summed E-state index contributed by atoms with van der Waals surface area (Å²) in [5.74, 6) is 0. The Labute approximate surface area is 116 Å². The molecule has 0 aromatic heterocycles. The summed E-state index contributed by atoms with van der Waals surface area (Å²) in [6.45, 7) is 6.74. The van der Waals surface area contributed by atoms with Crippen molar-refractivity contribution in [1.29, 1.82) is 0 Å². The van der Waals surface area contributed by atoms with E-state index < -0.39 is 0 Å². The molecule has 0 heterocycles. The first-order valence-electron chi connectivity index (χ1n) is 6.00. The Morgan fingerprint density at radius 3 is 1.44 bits per heavy atom. The molecule has 0 unspecified atom stereocenters. The van der Waals surface area contributed by atoms with E-state index in [1.165, 1.54) is 22.3 Å². The smallest absolute Gasteiger partial charge is 0.0288 e. The summed E-state index contributed by atoms with van der Waals surface area (Å²) in [7, 11) is 0. The molecule has 1 aromatic carbocycles. The maximum absolute atomic E-state index is 3.64. The van der Waals surface area contributed by atoms with Gasteiger partial charge in [-0.25, -0.2) is 0 Å². The predicted octanol–water partition coefficient (Wildman–Crippen LogP) is 5.16. The normalized spacial score (nSPS) is 10.8. The highest BCUT2D eigenvalue weighted by Crippen LogP contribution is 2.28. The van der Waals surface area contributed by atoms with Gasteiger partial charge in [0.1, 0.15) is 0 Å². The van der Waals surface area contributed by atoms with Crippen molar-refractivity contribution in [2.24, 2.45) is 0 Å². The van der Waals surface area contributed by atoms with Crippen LogP contribution in [0.15, 0.2) is 6.07 Å². The zero-order chi connectivity index (χ0) is 12.1. The van der Waals surface area contributed by atoms with E-state index >= 15 is 0 Å². The number of aryl methyl sites for hydroxylation is 2. The number of hydrogen-bond acceptors (Lipinski definition) is 0. The van der Waals surface area contributed by atoms with Crippen LogP contribution in [0.2, 0.25) is 0 Å². The third-order valence-electron chi connectivity index (χ3n) is 3.23. The highest BCUT2D eigenvalue weighted by molar-refractivity contribution is 9.08. The van der Waals surface area contributed by atoms with Crippen molar-refractivity contribution < 1.29 is 0 Å². The molecule has 0 aliphatic rings. The van der Waals surface area contributed by atoms with Crippen LogP contribution in [0.4, 0.5) is 0 Å².